The van der Waals surface area contributed by atoms with Crippen LogP contribution < -0.4 is 5.32 Å². The maximum Gasteiger partial charge on any atom is 0.225 e. The maximum absolute atomic E-state index is 12.3. The van der Waals surface area contributed by atoms with Gasteiger partial charge in [0.15, 0.2) is 14.1 Å². The van der Waals surface area contributed by atoms with Crippen LogP contribution in [-0.4, -0.2) is 31.6 Å². The number of nitrogens with zero attached hydrogens (tertiary/aromatic N) is 1. The van der Waals surface area contributed by atoms with Crippen LogP contribution in [0.3, 0.4) is 0 Å². The minimum atomic E-state index is -1.76. The van der Waals surface area contributed by atoms with E-state index >= 15 is 0 Å². The van der Waals surface area contributed by atoms with Gasteiger partial charge in [-0.3, -0.25) is 9.59 Å². The lowest BCUT2D eigenvalue weighted by Gasteiger charge is -2.36. The highest BCUT2D eigenvalue weighted by Gasteiger charge is 2.36. The number of aromatic nitrogens is 1. The third-order valence-electron chi connectivity index (χ3n) is 4.96. The molecule has 0 aromatic carbocycles. The number of rotatable bonds is 6. The predicted molar refractivity (Wildman–Crippen MR) is 97.9 cm³/mol. The Bertz CT molecular complexity index is 636. The molecule has 24 heavy (non-hydrogen) atoms. The summed E-state index contributed by atoms with van der Waals surface area (Å²) in [6, 6.07) is 3.65. The average molecular weight is 349 g/mol. The van der Waals surface area contributed by atoms with Crippen LogP contribution in [0.15, 0.2) is 12.1 Å². The van der Waals surface area contributed by atoms with Crippen molar-refractivity contribution in [2.45, 2.75) is 64.6 Å². The topological polar surface area (TPSA) is 68.3 Å². The Hall–Kier alpha value is -1.53. The number of aryl methyl sites for hydroxylation is 1. The summed E-state index contributed by atoms with van der Waals surface area (Å²) in [5.41, 5.74) is 1.41. The SMILES string of the molecule is CC(C)(C)[Si](C)(C)OCCCC(=O)c1ccc2c(n1)NC(=O)CC2. The minimum absolute atomic E-state index is 0.00328. The zero-order valence-corrected chi connectivity index (χ0v) is 16.4. The highest BCUT2D eigenvalue weighted by atomic mass is 28.4. The van der Waals surface area contributed by atoms with Crippen LogP contribution in [0.4, 0.5) is 5.82 Å². The molecule has 0 fully saturated rings. The van der Waals surface area contributed by atoms with Gasteiger partial charge in [-0.1, -0.05) is 26.8 Å². The van der Waals surface area contributed by atoms with Gasteiger partial charge in [-0.05, 0) is 42.6 Å². The van der Waals surface area contributed by atoms with Gasteiger partial charge in [0.2, 0.25) is 5.91 Å². The first-order chi connectivity index (χ1) is 11.1. The van der Waals surface area contributed by atoms with Crippen LogP contribution in [0.2, 0.25) is 18.1 Å². The van der Waals surface area contributed by atoms with Gasteiger partial charge in [-0.15, -0.1) is 0 Å². The van der Waals surface area contributed by atoms with E-state index in [0.29, 0.717) is 43.8 Å². The fourth-order valence-corrected chi connectivity index (χ4v) is 3.39. The van der Waals surface area contributed by atoms with Gasteiger partial charge in [0, 0.05) is 19.4 Å². The number of carbonyl (C=O) groups excluding carboxylic acids is 2. The molecule has 1 amide bonds. The zero-order valence-electron chi connectivity index (χ0n) is 15.4. The van der Waals surface area contributed by atoms with Crippen LogP contribution in [0.1, 0.15) is 56.1 Å². The maximum atomic E-state index is 12.3. The standard InChI is InChI=1S/C18H28N2O3Si/c1-18(2,3)24(4,5)23-12-6-7-15(21)14-10-8-13-9-11-16(22)20-17(13)19-14/h8,10H,6-7,9,11-12H2,1-5H3,(H,19,20,22). The van der Waals surface area contributed by atoms with Crippen molar-refractivity contribution in [3.05, 3.63) is 23.4 Å². The van der Waals surface area contributed by atoms with Crippen molar-refractivity contribution in [1.29, 1.82) is 0 Å². The Morgan fingerprint density at radius 3 is 2.67 bits per heavy atom. The number of nitrogens with one attached hydrogen (secondary N) is 1. The molecule has 0 unspecified atom stereocenters. The van der Waals surface area contributed by atoms with Crippen LogP contribution in [-0.2, 0) is 15.6 Å². The molecule has 0 atom stereocenters. The van der Waals surface area contributed by atoms with E-state index in [1.54, 1.807) is 6.07 Å². The lowest BCUT2D eigenvalue weighted by molar-refractivity contribution is -0.116. The van der Waals surface area contributed by atoms with Gasteiger partial charge < -0.3 is 9.74 Å². The fourth-order valence-electron chi connectivity index (χ4n) is 2.30. The molecule has 0 saturated heterocycles. The quantitative estimate of drug-likeness (QED) is 0.480. The molecule has 0 spiro atoms. The summed E-state index contributed by atoms with van der Waals surface area (Å²) in [7, 11) is -1.76. The number of anilines is 1. The normalized spacial score (nSPS) is 15.0. The van der Waals surface area contributed by atoms with Gasteiger partial charge >= 0.3 is 0 Å². The molecular formula is C18H28N2O3Si. The molecule has 0 bridgehead atoms. The Kier molecular flexibility index (Phi) is 5.60. The summed E-state index contributed by atoms with van der Waals surface area (Å²) in [5, 5.41) is 2.91. The Labute approximate surface area is 145 Å². The van der Waals surface area contributed by atoms with Crippen LogP contribution in [0, 0.1) is 0 Å². The lowest BCUT2D eigenvalue weighted by Crippen LogP contribution is -2.41. The molecule has 1 aromatic heterocycles. The molecular weight excluding hydrogens is 320 g/mol. The van der Waals surface area contributed by atoms with E-state index in [-0.39, 0.29) is 16.7 Å². The van der Waals surface area contributed by atoms with Gasteiger partial charge in [0.05, 0.1) is 0 Å². The highest BCUT2D eigenvalue weighted by Crippen LogP contribution is 2.36. The molecule has 2 rings (SSSR count). The molecule has 1 aliphatic heterocycles. The van der Waals surface area contributed by atoms with Gasteiger partial charge in [-0.2, -0.15) is 0 Å². The second kappa shape index (κ2) is 7.15. The molecule has 1 aliphatic rings. The van der Waals surface area contributed by atoms with Gasteiger partial charge in [-0.25, -0.2) is 4.98 Å². The summed E-state index contributed by atoms with van der Waals surface area (Å²) >= 11 is 0. The fraction of sp³-hybridized carbons (Fsp3) is 0.611. The number of pyridine rings is 1. The third kappa shape index (κ3) is 4.51. The van der Waals surface area contributed by atoms with Crippen molar-refractivity contribution < 1.29 is 14.0 Å². The number of Topliss-reactive ketones (excluding diaryl/α,β-unsaturated/α-hetero) is 1. The number of amides is 1. The number of hydrogen-bond acceptors (Lipinski definition) is 4. The van der Waals surface area contributed by atoms with Crippen LogP contribution in [0.5, 0.6) is 0 Å². The number of carbonyl (C=O) groups is 2. The lowest BCUT2D eigenvalue weighted by atomic mass is 10.0. The molecule has 0 saturated carbocycles. The van der Waals surface area contributed by atoms with Gasteiger partial charge in [0.1, 0.15) is 11.5 Å². The molecule has 1 N–H and O–H groups in total. The molecule has 1 aromatic rings. The van der Waals surface area contributed by atoms with Crippen molar-refractivity contribution in [1.82, 2.24) is 4.98 Å². The number of fused-ring (bicyclic) bond motifs is 1. The molecule has 5 nitrogen and oxygen atoms in total. The molecule has 0 radical (unpaired) electrons. The van der Waals surface area contributed by atoms with Gasteiger partial charge in [0.25, 0.3) is 0 Å². The van der Waals surface area contributed by atoms with E-state index in [4.69, 9.17) is 4.43 Å². The summed E-state index contributed by atoms with van der Waals surface area (Å²) in [5.74, 6) is 0.494. The van der Waals surface area contributed by atoms with E-state index in [0.717, 1.165) is 5.56 Å². The minimum Gasteiger partial charge on any atom is -0.417 e. The van der Waals surface area contributed by atoms with Crippen molar-refractivity contribution >= 4 is 25.8 Å². The molecule has 6 heteroatoms. The van der Waals surface area contributed by atoms with E-state index < -0.39 is 8.32 Å². The smallest absolute Gasteiger partial charge is 0.225 e. The average Bonchev–Trinajstić information content (AvgIpc) is 2.49. The van der Waals surface area contributed by atoms with Crippen LogP contribution >= 0.6 is 0 Å². The van der Waals surface area contributed by atoms with E-state index in [1.807, 2.05) is 6.07 Å². The highest BCUT2D eigenvalue weighted by molar-refractivity contribution is 6.74. The Balaban J connectivity index is 1.87. The first-order valence-corrected chi connectivity index (χ1v) is 11.5. The first-order valence-electron chi connectivity index (χ1n) is 8.57. The zero-order chi connectivity index (χ0) is 18.0. The van der Waals surface area contributed by atoms with Crippen molar-refractivity contribution in [3.63, 3.8) is 0 Å². The summed E-state index contributed by atoms with van der Waals surface area (Å²) in [6.07, 6.45) is 2.26. The third-order valence-corrected chi connectivity index (χ3v) is 9.50. The summed E-state index contributed by atoms with van der Waals surface area (Å²) in [6.45, 7) is 11.6. The number of ketones is 1. The van der Waals surface area contributed by atoms with Crippen molar-refractivity contribution in [2.24, 2.45) is 0 Å². The summed E-state index contributed by atoms with van der Waals surface area (Å²) < 4.78 is 6.09. The van der Waals surface area contributed by atoms with E-state index in [2.05, 4.69) is 44.2 Å². The Morgan fingerprint density at radius 1 is 1.29 bits per heavy atom. The van der Waals surface area contributed by atoms with E-state index in [1.165, 1.54) is 0 Å². The van der Waals surface area contributed by atoms with Crippen molar-refractivity contribution in [2.75, 3.05) is 11.9 Å². The second-order valence-electron chi connectivity index (χ2n) is 7.89. The molecule has 0 aliphatic carbocycles. The second-order valence-corrected chi connectivity index (χ2v) is 12.7. The molecule has 2 heterocycles. The summed E-state index contributed by atoms with van der Waals surface area (Å²) in [4.78, 5) is 28.1. The Morgan fingerprint density at radius 2 is 2.00 bits per heavy atom. The monoisotopic (exact) mass is 348 g/mol. The molecule has 132 valence electrons. The first kappa shape index (κ1) is 18.8. The number of hydrogen-bond donors (Lipinski definition) is 1. The predicted octanol–water partition coefficient (Wildman–Crippen LogP) is 3.95. The largest absolute Gasteiger partial charge is 0.417 e. The van der Waals surface area contributed by atoms with E-state index in [9.17, 15) is 9.59 Å². The van der Waals surface area contributed by atoms with Crippen LogP contribution in [0.25, 0.3) is 0 Å². The van der Waals surface area contributed by atoms with Crippen molar-refractivity contribution in [3.8, 4) is 0 Å².